The van der Waals surface area contributed by atoms with Crippen LogP contribution in [0.2, 0.25) is 0 Å². The quantitative estimate of drug-likeness (QED) is 0.221. The molecule has 0 aliphatic heterocycles. The number of aromatic nitrogens is 2. The number of aliphatic imine (C=N–C) groups is 1. The molecule has 1 fully saturated rings. The zero-order valence-corrected chi connectivity index (χ0v) is 17.3. The lowest BCUT2D eigenvalue weighted by Crippen LogP contribution is -2.39. The van der Waals surface area contributed by atoms with Crippen molar-refractivity contribution in [2.45, 2.75) is 58.1 Å². The maximum atomic E-state index is 6.00. The van der Waals surface area contributed by atoms with Crippen molar-refractivity contribution in [2.75, 3.05) is 19.7 Å². The molecule has 2 N–H and O–H groups in total. The maximum Gasteiger partial charge on any atom is 0.191 e. The number of ether oxygens (including phenoxy) is 1. The molecule has 0 bridgehead atoms. The van der Waals surface area contributed by atoms with E-state index in [1.165, 1.54) is 38.5 Å². The van der Waals surface area contributed by atoms with Crippen LogP contribution in [0.4, 0.5) is 0 Å². The molecule has 0 amide bonds. The predicted molar refractivity (Wildman–Crippen MR) is 109 cm³/mol. The predicted octanol–water partition coefficient (Wildman–Crippen LogP) is 2.83. The Bertz CT molecular complexity index is 469. The third kappa shape index (κ3) is 8.32. The fraction of sp³-hybridized carbons (Fsp3) is 0.765. The lowest BCUT2D eigenvalue weighted by atomic mass is 10.1. The van der Waals surface area contributed by atoms with Gasteiger partial charge >= 0.3 is 0 Å². The standard InChI is InChI=1S/C17H31N5O.HI/c1-3-18-17(20-12-15-13-21-22(2)14-15)19-10-11-23-16-8-6-4-5-7-9-16;/h13-14,16H,3-12H2,1-2H3,(H2,18,19,20);1H. The molecule has 0 spiro atoms. The molecule has 0 radical (unpaired) electrons. The smallest absolute Gasteiger partial charge is 0.191 e. The molecule has 24 heavy (non-hydrogen) atoms. The molecular weight excluding hydrogens is 417 g/mol. The van der Waals surface area contributed by atoms with E-state index in [1.807, 2.05) is 19.4 Å². The normalized spacial score (nSPS) is 16.3. The number of rotatable bonds is 7. The minimum absolute atomic E-state index is 0. The molecule has 6 nitrogen and oxygen atoms in total. The van der Waals surface area contributed by atoms with Gasteiger partial charge in [0, 0.05) is 31.9 Å². The van der Waals surface area contributed by atoms with Gasteiger partial charge < -0.3 is 15.4 Å². The molecule has 1 aromatic heterocycles. The van der Waals surface area contributed by atoms with Gasteiger partial charge in [0.1, 0.15) is 0 Å². The Balaban J connectivity index is 0.00000288. The minimum atomic E-state index is 0. The van der Waals surface area contributed by atoms with Gasteiger partial charge in [0.2, 0.25) is 0 Å². The van der Waals surface area contributed by atoms with Crippen molar-refractivity contribution in [1.29, 1.82) is 0 Å². The van der Waals surface area contributed by atoms with Crippen molar-refractivity contribution < 1.29 is 4.74 Å². The number of nitrogens with one attached hydrogen (secondary N) is 2. The molecule has 1 aliphatic carbocycles. The summed E-state index contributed by atoms with van der Waals surface area (Å²) < 4.78 is 7.80. The van der Waals surface area contributed by atoms with Crippen LogP contribution < -0.4 is 10.6 Å². The van der Waals surface area contributed by atoms with Gasteiger partial charge in [0.25, 0.3) is 0 Å². The van der Waals surface area contributed by atoms with Gasteiger partial charge in [0.15, 0.2) is 5.96 Å². The van der Waals surface area contributed by atoms with Gasteiger partial charge in [-0.3, -0.25) is 4.68 Å². The summed E-state index contributed by atoms with van der Waals surface area (Å²) >= 11 is 0. The molecule has 2 rings (SSSR count). The van der Waals surface area contributed by atoms with E-state index < -0.39 is 0 Å². The van der Waals surface area contributed by atoms with Crippen molar-refractivity contribution in [1.82, 2.24) is 20.4 Å². The molecule has 138 valence electrons. The van der Waals surface area contributed by atoms with Gasteiger partial charge in [-0.15, -0.1) is 24.0 Å². The van der Waals surface area contributed by atoms with Gasteiger partial charge in [-0.05, 0) is 19.8 Å². The first-order valence-corrected chi connectivity index (χ1v) is 8.89. The highest BCUT2D eigenvalue weighted by molar-refractivity contribution is 14.0. The summed E-state index contributed by atoms with van der Waals surface area (Å²) in [5, 5.41) is 10.8. The molecule has 1 aromatic rings. The van der Waals surface area contributed by atoms with E-state index in [4.69, 9.17) is 4.74 Å². The van der Waals surface area contributed by atoms with Crippen LogP contribution >= 0.6 is 24.0 Å². The highest BCUT2D eigenvalue weighted by Crippen LogP contribution is 2.19. The van der Waals surface area contributed by atoms with Crippen LogP contribution in [0.3, 0.4) is 0 Å². The van der Waals surface area contributed by atoms with E-state index in [2.05, 4.69) is 27.6 Å². The van der Waals surface area contributed by atoms with Crippen molar-refractivity contribution in [3.63, 3.8) is 0 Å². The van der Waals surface area contributed by atoms with Crippen LogP contribution in [0, 0.1) is 0 Å². The Hall–Kier alpha value is -0.830. The summed E-state index contributed by atoms with van der Waals surface area (Å²) in [5.74, 6) is 0.834. The lowest BCUT2D eigenvalue weighted by Gasteiger charge is -2.16. The lowest BCUT2D eigenvalue weighted by molar-refractivity contribution is 0.0468. The zero-order chi connectivity index (χ0) is 16.3. The molecule has 7 heteroatoms. The first-order chi connectivity index (χ1) is 11.3. The minimum Gasteiger partial charge on any atom is -0.376 e. The first-order valence-electron chi connectivity index (χ1n) is 8.89. The van der Waals surface area contributed by atoms with E-state index in [9.17, 15) is 0 Å². The third-order valence-corrected chi connectivity index (χ3v) is 4.07. The average molecular weight is 449 g/mol. The highest BCUT2D eigenvalue weighted by Gasteiger charge is 2.12. The Morgan fingerprint density at radius 2 is 2.04 bits per heavy atom. The second-order valence-electron chi connectivity index (χ2n) is 6.13. The maximum absolute atomic E-state index is 6.00. The molecule has 1 heterocycles. The summed E-state index contributed by atoms with van der Waals surface area (Å²) in [4.78, 5) is 4.58. The Morgan fingerprint density at radius 1 is 1.29 bits per heavy atom. The van der Waals surface area contributed by atoms with Crippen LogP contribution in [0.1, 0.15) is 51.0 Å². The van der Waals surface area contributed by atoms with Crippen LogP contribution in [0.25, 0.3) is 0 Å². The molecule has 1 saturated carbocycles. The Labute approximate surface area is 162 Å². The SMILES string of the molecule is CCNC(=NCc1cnn(C)c1)NCCOC1CCCCCC1.I. The summed E-state index contributed by atoms with van der Waals surface area (Å²) in [6.07, 6.45) is 12.1. The topological polar surface area (TPSA) is 63.5 Å². The molecule has 0 unspecified atom stereocenters. The third-order valence-electron chi connectivity index (χ3n) is 4.07. The summed E-state index contributed by atoms with van der Waals surface area (Å²) in [6, 6.07) is 0. The molecule has 0 atom stereocenters. The van der Waals surface area contributed by atoms with Gasteiger partial charge in [-0.2, -0.15) is 5.10 Å². The molecule has 0 saturated heterocycles. The Morgan fingerprint density at radius 3 is 2.67 bits per heavy atom. The van der Waals surface area contributed by atoms with Crippen LogP contribution in [0.5, 0.6) is 0 Å². The molecular formula is C17H32IN5O. The van der Waals surface area contributed by atoms with E-state index in [0.29, 0.717) is 12.6 Å². The van der Waals surface area contributed by atoms with Gasteiger partial charge in [-0.1, -0.05) is 25.7 Å². The van der Waals surface area contributed by atoms with Crippen molar-refractivity contribution in [3.8, 4) is 0 Å². The van der Waals surface area contributed by atoms with E-state index >= 15 is 0 Å². The number of hydrogen-bond donors (Lipinski definition) is 2. The summed E-state index contributed by atoms with van der Waals surface area (Å²) in [5.41, 5.74) is 1.11. The average Bonchev–Trinajstić information content (AvgIpc) is 2.80. The van der Waals surface area contributed by atoms with Crippen LogP contribution in [-0.4, -0.2) is 41.5 Å². The monoisotopic (exact) mass is 449 g/mol. The number of aryl methyl sites for hydroxylation is 1. The first kappa shape index (κ1) is 21.2. The van der Waals surface area contributed by atoms with Gasteiger partial charge in [-0.25, -0.2) is 4.99 Å². The molecule has 0 aromatic carbocycles. The Kier molecular flexibility index (Phi) is 11.1. The number of halogens is 1. The van der Waals surface area contributed by atoms with Crippen LogP contribution in [0.15, 0.2) is 17.4 Å². The summed E-state index contributed by atoms with van der Waals surface area (Å²) in [6.45, 7) is 5.08. The number of hydrogen-bond acceptors (Lipinski definition) is 3. The highest BCUT2D eigenvalue weighted by atomic mass is 127. The van der Waals surface area contributed by atoms with Crippen LogP contribution in [-0.2, 0) is 18.3 Å². The number of nitrogens with zero attached hydrogens (tertiary/aromatic N) is 3. The van der Waals surface area contributed by atoms with Crippen molar-refractivity contribution in [2.24, 2.45) is 12.0 Å². The van der Waals surface area contributed by atoms with E-state index in [-0.39, 0.29) is 24.0 Å². The second-order valence-corrected chi connectivity index (χ2v) is 6.13. The van der Waals surface area contributed by atoms with E-state index in [0.717, 1.165) is 31.2 Å². The second kappa shape index (κ2) is 12.5. The number of guanidine groups is 1. The largest absolute Gasteiger partial charge is 0.376 e. The van der Waals surface area contributed by atoms with Crippen molar-refractivity contribution >= 4 is 29.9 Å². The zero-order valence-electron chi connectivity index (χ0n) is 15.0. The molecule has 1 aliphatic rings. The van der Waals surface area contributed by atoms with Gasteiger partial charge in [0.05, 0.1) is 25.5 Å². The van der Waals surface area contributed by atoms with E-state index in [1.54, 1.807) is 4.68 Å². The van der Waals surface area contributed by atoms with Crippen molar-refractivity contribution in [3.05, 3.63) is 18.0 Å². The summed E-state index contributed by atoms with van der Waals surface area (Å²) in [7, 11) is 1.92. The fourth-order valence-electron chi connectivity index (χ4n) is 2.87. The fourth-order valence-corrected chi connectivity index (χ4v) is 2.87.